The van der Waals surface area contributed by atoms with Crippen LogP contribution in [-0.4, -0.2) is 96.3 Å². The quantitative estimate of drug-likeness (QED) is 0.247. The van der Waals surface area contributed by atoms with Crippen LogP contribution in [0.15, 0.2) is 42.6 Å². The number of fused-ring (bicyclic) bond motifs is 3. The highest BCUT2D eigenvalue weighted by Crippen LogP contribution is 2.48. The van der Waals surface area contributed by atoms with Gasteiger partial charge in [-0.1, -0.05) is 26.0 Å². The fraction of sp³-hybridized carbons (Fsp3) is 0.605. The molecule has 2 aliphatic carbocycles. The van der Waals surface area contributed by atoms with Crippen LogP contribution in [0.1, 0.15) is 72.6 Å². The number of methoxy groups -OCH3 is 1. The summed E-state index contributed by atoms with van der Waals surface area (Å²) in [6.45, 7) is 4.65. The monoisotopic (exact) mass is 825 g/mol. The lowest BCUT2D eigenvalue weighted by atomic mass is 9.88. The van der Waals surface area contributed by atoms with Crippen molar-refractivity contribution < 1.29 is 59.4 Å². The minimum absolute atomic E-state index is 0.0164. The van der Waals surface area contributed by atoms with Crippen molar-refractivity contribution in [3.8, 4) is 11.6 Å². The Morgan fingerprint density at radius 3 is 2.47 bits per heavy atom. The Balaban J connectivity index is 1.35. The minimum atomic E-state index is -4.93. The molecule has 2 saturated carbocycles. The average Bonchev–Trinajstić information content (AvgIpc) is 4.01. The molecule has 2 aromatic rings. The van der Waals surface area contributed by atoms with Gasteiger partial charge in [-0.05, 0) is 81.0 Å². The number of sulfonamides is 1. The molecule has 4 aliphatic rings. The van der Waals surface area contributed by atoms with E-state index >= 15 is 0 Å². The standard InChI is InChI=1S/C38H47F4N5O9S/c1-21-8-6-7-9-24-19-37(24,33(50)46-57(52,53)36(39)13-14-36)45-30(48)28-18-26(55-31-27-11-10-25(54-5)17-23(27)12-15-43-31)20-47(28)32(49)29(22(2)16-21)44-34(51)56-35(3,4)38(40,41)42/h7,9-12,15,17,21-22,24,26,28-29H,6,8,13-14,16,18-20H2,1-5H3,(H,44,51)(H,45,48)(H,46,50)/b9-7-/t21-,22+,24-,26+,28-,29-,37+/m0/s1. The number of nitrogens with zero attached hydrogens (tertiary/aromatic N) is 2. The molecule has 1 aromatic heterocycles. The highest BCUT2D eigenvalue weighted by atomic mass is 32.2. The zero-order chi connectivity index (χ0) is 41.7. The predicted octanol–water partition coefficient (Wildman–Crippen LogP) is 4.82. The zero-order valence-corrected chi connectivity index (χ0v) is 33.0. The van der Waals surface area contributed by atoms with Crippen molar-refractivity contribution in [1.82, 2.24) is 25.2 Å². The van der Waals surface area contributed by atoms with Crippen LogP contribution in [0.25, 0.3) is 10.8 Å². The van der Waals surface area contributed by atoms with Gasteiger partial charge in [0.25, 0.3) is 15.9 Å². The molecule has 3 fully saturated rings. The number of ether oxygens (including phenoxy) is 3. The van der Waals surface area contributed by atoms with E-state index in [2.05, 4.69) is 15.6 Å². The molecule has 0 radical (unpaired) electrons. The molecule has 3 N–H and O–H groups in total. The fourth-order valence-electron chi connectivity index (χ4n) is 7.44. The van der Waals surface area contributed by atoms with E-state index in [-0.39, 0.29) is 44.0 Å². The number of carbonyl (C=O) groups is 4. The van der Waals surface area contributed by atoms with Gasteiger partial charge >= 0.3 is 12.3 Å². The van der Waals surface area contributed by atoms with Gasteiger partial charge in [-0.15, -0.1) is 0 Å². The third kappa shape index (κ3) is 8.62. The van der Waals surface area contributed by atoms with Gasteiger partial charge in [-0.25, -0.2) is 27.3 Å². The number of amides is 4. The molecule has 2 aliphatic heterocycles. The van der Waals surface area contributed by atoms with Gasteiger partial charge in [0.15, 0.2) is 0 Å². The number of aromatic nitrogens is 1. The van der Waals surface area contributed by atoms with Crippen molar-refractivity contribution in [3.05, 3.63) is 42.6 Å². The maximum Gasteiger partial charge on any atom is 0.427 e. The molecule has 57 heavy (non-hydrogen) atoms. The number of carbonyl (C=O) groups excluding carboxylic acids is 4. The van der Waals surface area contributed by atoms with E-state index in [1.165, 1.54) is 13.3 Å². The van der Waals surface area contributed by atoms with Crippen LogP contribution in [-0.2, 0) is 29.1 Å². The van der Waals surface area contributed by atoms with Gasteiger partial charge in [0.1, 0.15) is 29.5 Å². The molecular weight excluding hydrogens is 779 g/mol. The van der Waals surface area contributed by atoms with Gasteiger partial charge in [-0.2, -0.15) is 13.2 Å². The second-order valence-electron chi connectivity index (χ2n) is 16.1. The summed E-state index contributed by atoms with van der Waals surface area (Å²) >= 11 is 0. The summed E-state index contributed by atoms with van der Waals surface area (Å²) in [5.74, 6) is -3.50. The van der Waals surface area contributed by atoms with Crippen LogP contribution >= 0.6 is 0 Å². The van der Waals surface area contributed by atoms with E-state index < -0.39 is 86.2 Å². The predicted molar refractivity (Wildman–Crippen MR) is 197 cm³/mol. The largest absolute Gasteiger partial charge is 0.497 e. The molecule has 1 saturated heterocycles. The van der Waals surface area contributed by atoms with E-state index in [4.69, 9.17) is 14.2 Å². The molecule has 14 nitrogen and oxygen atoms in total. The number of nitrogens with one attached hydrogen (secondary N) is 3. The molecule has 1 aromatic carbocycles. The molecule has 7 atom stereocenters. The van der Waals surface area contributed by atoms with Crippen LogP contribution in [0.4, 0.5) is 22.4 Å². The van der Waals surface area contributed by atoms with Gasteiger partial charge in [-0.3, -0.25) is 14.4 Å². The first-order chi connectivity index (χ1) is 26.6. The molecule has 0 spiro atoms. The molecule has 3 heterocycles. The van der Waals surface area contributed by atoms with Crippen molar-refractivity contribution in [2.24, 2.45) is 17.8 Å². The summed E-state index contributed by atoms with van der Waals surface area (Å²) < 4.78 is 99.7. The van der Waals surface area contributed by atoms with Crippen LogP contribution in [0.2, 0.25) is 0 Å². The Labute approximate surface area is 327 Å². The molecule has 312 valence electrons. The van der Waals surface area contributed by atoms with Crippen molar-refractivity contribution in [3.63, 3.8) is 0 Å². The second-order valence-corrected chi connectivity index (χ2v) is 18.1. The number of benzene rings is 1. The Hall–Kier alpha value is -4.68. The number of pyridine rings is 1. The summed E-state index contributed by atoms with van der Waals surface area (Å²) in [7, 11) is -3.23. The number of hydrogen-bond donors (Lipinski definition) is 3. The molecule has 0 unspecified atom stereocenters. The van der Waals surface area contributed by atoms with E-state index in [9.17, 15) is 45.2 Å². The van der Waals surface area contributed by atoms with E-state index in [1.54, 1.807) is 43.3 Å². The maximum atomic E-state index is 14.8. The molecule has 0 bridgehead atoms. The maximum absolute atomic E-state index is 14.8. The Bertz CT molecular complexity index is 2060. The molecule has 6 rings (SSSR count). The highest BCUT2D eigenvalue weighted by molar-refractivity contribution is 7.91. The normalized spacial score (nSPS) is 29.7. The van der Waals surface area contributed by atoms with Crippen molar-refractivity contribution in [2.75, 3.05) is 13.7 Å². The first kappa shape index (κ1) is 41.9. The first-order valence-corrected chi connectivity index (χ1v) is 20.3. The van der Waals surface area contributed by atoms with Crippen LogP contribution < -0.4 is 24.8 Å². The van der Waals surface area contributed by atoms with E-state index in [1.807, 2.05) is 11.6 Å². The summed E-state index contributed by atoms with van der Waals surface area (Å²) in [5.41, 5.74) is -4.71. The van der Waals surface area contributed by atoms with Crippen LogP contribution in [0.3, 0.4) is 0 Å². The number of rotatable bonds is 8. The smallest absolute Gasteiger partial charge is 0.427 e. The third-order valence-corrected chi connectivity index (χ3v) is 13.1. The van der Waals surface area contributed by atoms with Gasteiger partial charge in [0, 0.05) is 36.8 Å². The fourth-order valence-corrected chi connectivity index (χ4v) is 8.69. The van der Waals surface area contributed by atoms with E-state index in [0.717, 1.165) is 4.90 Å². The number of alkyl carbamates (subject to hydrolysis) is 1. The van der Waals surface area contributed by atoms with Crippen molar-refractivity contribution >= 4 is 44.6 Å². The average molecular weight is 826 g/mol. The number of hydrogen-bond acceptors (Lipinski definition) is 10. The molecular formula is C38H47F4N5O9S. The minimum Gasteiger partial charge on any atom is -0.497 e. The highest BCUT2D eigenvalue weighted by Gasteiger charge is 2.64. The Morgan fingerprint density at radius 2 is 1.81 bits per heavy atom. The lowest BCUT2D eigenvalue weighted by Gasteiger charge is -2.34. The second kappa shape index (κ2) is 15.2. The van der Waals surface area contributed by atoms with Gasteiger partial charge in [0.05, 0.1) is 13.7 Å². The number of allylic oxidation sites excluding steroid dienone is 1. The van der Waals surface area contributed by atoms with Crippen molar-refractivity contribution in [2.45, 2.75) is 113 Å². The Morgan fingerprint density at radius 1 is 1.09 bits per heavy atom. The summed E-state index contributed by atoms with van der Waals surface area (Å²) in [6, 6.07) is 4.05. The van der Waals surface area contributed by atoms with Gasteiger partial charge < -0.3 is 29.7 Å². The van der Waals surface area contributed by atoms with Gasteiger partial charge in [0.2, 0.25) is 28.3 Å². The first-order valence-electron chi connectivity index (χ1n) is 18.8. The summed E-state index contributed by atoms with van der Waals surface area (Å²) in [6.07, 6.45) is -1.73. The van der Waals surface area contributed by atoms with Crippen LogP contribution in [0.5, 0.6) is 11.6 Å². The Kier molecular flexibility index (Phi) is 11.2. The molecule has 4 amide bonds. The number of halogens is 4. The van der Waals surface area contributed by atoms with E-state index in [0.29, 0.717) is 49.6 Å². The lowest BCUT2D eigenvalue weighted by molar-refractivity contribution is -0.244. The number of alkyl halides is 4. The molecule has 19 heteroatoms. The van der Waals surface area contributed by atoms with Crippen LogP contribution in [0, 0.1) is 17.8 Å². The summed E-state index contributed by atoms with van der Waals surface area (Å²) in [4.78, 5) is 61.4. The third-order valence-electron chi connectivity index (χ3n) is 11.3. The zero-order valence-electron chi connectivity index (χ0n) is 32.2. The summed E-state index contributed by atoms with van der Waals surface area (Å²) in [5, 5.41) is 3.71. The SMILES string of the molecule is COc1ccc2c(O[C@@H]3C[C@H]4C(=O)N[C@]5(C(=O)NS(=O)(=O)C6(F)CC6)C[C@@H]5/C=C\CC[C@H](C)C[C@@H](C)[C@H](NC(=O)OC(C)(C)C(F)(F)F)C(=O)N4C3)nccc2c1. The van der Waals surface area contributed by atoms with Crippen molar-refractivity contribution in [1.29, 1.82) is 0 Å². The lowest BCUT2D eigenvalue weighted by Crippen LogP contribution is -2.59. The topological polar surface area (TPSA) is 182 Å².